The number of amides is 1. The molecule has 0 unspecified atom stereocenters. The molecule has 3 heterocycles. The van der Waals surface area contributed by atoms with Gasteiger partial charge in [0.05, 0.1) is 17.8 Å². The number of nitrogen functional groups attached to an aromatic ring is 1. The van der Waals surface area contributed by atoms with E-state index in [1.807, 2.05) is 73.7 Å². The Kier molecular flexibility index (Phi) is 6.90. The van der Waals surface area contributed by atoms with Crippen molar-refractivity contribution in [2.75, 3.05) is 18.8 Å². The summed E-state index contributed by atoms with van der Waals surface area (Å²) >= 11 is 0. The van der Waals surface area contributed by atoms with Crippen LogP contribution in [0, 0.1) is 5.41 Å². The second kappa shape index (κ2) is 11.0. The number of anilines is 1. The number of hydrogen-bond acceptors (Lipinski definition) is 7. The van der Waals surface area contributed by atoms with Crippen LogP contribution in [0.15, 0.2) is 81.0 Å². The molecule has 2 aromatic carbocycles. The molecule has 3 N–H and O–H groups in total. The highest BCUT2D eigenvalue weighted by Gasteiger charge is 2.50. The molecule has 0 radical (unpaired) electrons. The topological polar surface area (TPSA) is 166 Å². The van der Waals surface area contributed by atoms with Gasteiger partial charge in [0, 0.05) is 18.5 Å². The minimum atomic E-state index is -4.85. The van der Waals surface area contributed by atoms with Gasteiger partial charge in [-0.3, -0.25) is 9.12 Å². The smallest absolute Gasteiger partial charge is 0.378 e. The van der Waals surface area contributed by atoms with Gasteiger partial charge >= 0.3 is 22.0 Å². The van der Waals surface area contributed by atoms with Crippen LogP contribution < -0.4 is 21.9 Å². The molecule has 48 heavy (non-hydrogen) atoms. The predicted octanol–water partition coefficient (Wildman–Crippen LogP) is 3.06. The summed E-state index contributed by atoms with van der Waals surface area (Å²) < 4.78 is 40.9. The van der Waals surface area contributed by atoms with E-state index in [2.05, 4.69) is 9.38 Å². The maximum absolute atomic E-state index is 14.2. The molecular weight excluding hydrogens is 630 g/mol. The molecule has 0 atom stereocenters. The molecule has 13 heteroatoms. The van der Waals surface area contributed by atoms with Gasteiger partial charge in [-0.1, -0.05) is 74.4 Å². The lowest BCUT2D eigenvalue weighted by Gasteiger charge is -2.55. The van der Waals surface area contributed by atoms with Gasteiger partial charge < -0.3 is 10.6 Å². The van der Waals surface area contributed by atoms with E-state index in [-0.39, 0.29) is 46.1 Å². The highest BCUT2D eigenvalue weighted by molar-refractivity contribution is 7.84. The Morgan fingerprint density at radius 3 is 2.44 bits per heavy atom. The molecule has 1 spiro atoms. The van der Waals surface area contributed by atoms with E-state index >= 15 is 0 Å². The van der Waals surface area contributed by atoms with E-state index < -0.39 is 22.0 Å². The summed E-state index contributed by atoms with van der Waals surface area (Å²) in [4.78, 5) is 39.3. The second-order valence-corrected chi connectivity index (χ2v) is 14.1. The van der Waals surface area contributed by atoms with Crippen molar-refractivity contribution < 1.29 is 17.8 Å². The molecule has 1 saturated carbocycles. The number of aromatic nitrogens is 4. The van der Waals surface area contributed by atoms with Crippen LogP contribution in [0.4, 0.5) is 10.6 Å². The second-order valence-electron chi connectivity index (χ2n) is 13.0. The Labute approximate surface area is 275 Å². The first-order chi connectivity index (χ1) is 23.1. The molecule has 8 rings (SSSR count). The van der Waals surface area contributed by atoms with Gasteiger partial charge in [-0.2, -0.15) is 8.42 Å². The molecular formula is C35H33N7O5S. The van der Waals surface area contributed by atoms with Gasteiger partial charge in [-0.25, -0.2) is 24.1 Å². The number of benzene rings is 2. The minimum absolute atomic E-state index is 0.000234. The number of nitrogens with zero attached hydrogens (tertiary/aromatic N) is 6. The molecule has 244 valence electrons. The number of rotatable bonds is 6. The number of fused-ring (bicyclic) bond motifs is 3. The van der Waals surface area contributed by atoms with E-state index in [0.29, 0.717) is 37.1 Å². The monoisotopic (exact) mass is 663 g/mol. The lowest BCUT2D eigenvalue weighted by molar-refractivity contribution is -0.0320. The Bertz CT molecular complexity index is 2450. The summed E-state index contributed by atoms with van der Waals surface area (Å²) in [5.41, 5.74) is 9.49. The summed E-state index contributed by atoms with van der Waals surface area (Å²) in [5, 5.41) is 1.85. The third-order valence-electron chi connectivity index (χ3n) is 9.83. The predicted molar refractivity (Wildman–Crippen MR) is 183 cm³/mol. The Morgan fingerprint density at radius 1 is 1.02 bits per heavy atom. The van der Waals surface area contributed by atoms with Crippen LogP contribution in [0.3, 0.4) is 0 Å². The molecule has 3 aliphatic carbocycles. The summed E-state index contributed by atoms with van der Waals surface area (Å²) in [7, 11) is -4.85. The first-order valence-corrected chi connectivity index (χ1v) is 17.4. The molecule has 4 aromatic rings. The lowest BCUT2D eigenvalue weighted by Crippen LogP contribution is -2.62. The van der Waals surface area contributed by atoms with Crippen LogP contribution in [0.1, 0.15) is 50.4 Å². The molecule has 4 aliphatic rings. The Balaban J connectivity index is 1.38. The quantitative estimate of drug-likeness (QED) is 0.297. The molecule has 12 nitrogen and oxygen atoms in total. The maximum Gasteiger partial charge on any atom is 0.378 e. The number of nitrogens with two attached hydrogens (primary N) is 1. The van der Waals surface area contributed by atoms with Crippen LogP contribution in [0.2, 0.25) is 0 Å². The summed E-state index contributed by atoms with van der Waals surface area (Å²) in [6.07, 6.45) is 8.17. The van der Waals surface area contributed by atoms with E-state index in [1.165, 1.54) is 4.57 Å². The van der Waals surface area contributed by atoms with E-state index in [1.54, 1.807) is 4.90 Å². The van der Waals surface area contributed by atoms with Gasteiger partial charge in [-0.15, -0.1) is 4.40 Å². The highest BCUT2D eigenvalue weighted by atomic mass is 32.2. The fraction of sp³-hybridized carbons (Fsp3) is 0.286. The lowest BCUT2D eigenvalue weighted by atomic mass is 9.64. The maximum atomic E-state index is 14.2. The van der Waals surface area contributed by atoms with Crippen molar-refractivity contribution in [3.05, 3.63) is 104 Å². The number of carbonyl (C=O) groups excluding carboxylic acids is 1. The van der Waals surface area contributed by atoms with Gasteiger partial charge in [0.25, 0.3) is 0 Å². The van der Waals surface area contributed by atoms with Crippen LogP contribution in [0.25, 0.3) is 28.4 Å². The van der Waals surface area contributed by atoms with Crippen molar-refractivity contribution in [2.24, 2.45) is 9.81 Å². The van der Waals surface area contributed by atoms with Crippen molar-refractivity contribution in [3.8, 4) is 0 Å². The van der Waals surface area contributed by atoms with Crippen LogP contribution in [-0.4, -0.2) is 61.8 Å². The Morgan fingerprint density at radius 2 is 1.75 bits per heavy atom. The summed E-state index contributed by atoms with van der Waals surface area (Å²) in [6.45, 7) is 3.22. The molecule has 0 bridgehead atoms. The van der Waals surface area contributed by atoms with Gasteiger partial charge in [-0.05, 0) is 64.1 Å². The standard InChI is InChI=1S/C35H33N7O5S/c1-2-9-23-17-25-24-13-7-6-12-22(24)16-26(25)27(28(23)39-48(45,46)47)31-37-30(36)29-32(38-31)41(18-21-10-4-3-5-11-21)34(44)42(29)33(43)40-19-35(20-40)14-8-15-35/h3-7,10-13,16-17H,2,8-9,14-15,18-20H2,1H3,(H2,36,37,38)(H,45,46,47). The summed E-state index contributed by atoms with van der Waals surface area (Å²) in [6, 6.07) is 16.6. The number of carbonyl (C=O) groups is 1. The molecule has 1 aliphatic heterocycles. The zero-order valence-electron chi connectivity index (χ0n) is 26.3. The van der Waals surface area contributed by atoms with Crippen molar-refractivity contribution >= 4 is 56.3 Å². The van der Waals surface area contributed by atoms with E-state index in [0.717, 1.165) is 45.4 Å². The van der Waals surface area contributed by atoms with Crippen LogP contribution in [-0.2, 0) is 16.8 Å². The number of hydrogen-bond donors (Lipinski definition) is 2. The van der Waals surface area contributed by atoms with E-state index in [4.69, 9.17) is 10.7 Å². The van der Waals surface area contributed by atoms with Crippen molar-refractivity contribution in [2.45, 2.75) is 45.6 Å². The van der Waals surface area contributed by atoms with Crippen LogP contribution in [0.5, 0.6) is 0 Å². The highest BCUT2D eigenvalue weighted by Crippen LogP contribution is 2.48. The third-order valence-corrected chi connectivity index (χ3v) is 10.2. The SMILES string of the molecule is CCCC1=CC2=c3ccccc3=CC2=C(c2nc(N)c3c(n2)n(Cc2ccccc2)c(=O)n3C(=O)N2CC3(CCC3)C2)C1=NS(=O)(=O)O. The fourth-order valence-corrected chi connectivity index (χ4v) is 7.89. The molecule has 1 saturated heterocycles. The first-order valence-electron chi connectivity index (χ1n) is 16.0. The van der Waals surface area contributed by atoms with E-state index in [9.17, 15) is 22.6 Å². The minimum Gasteiger partial charge on any atom is -0.382 e. The molecule has 2 fully saturated rings. The van der Waals surface area contributed by atoms with Crippen LogP contribution >= 0.6 is 0 Å². The zero-order valence-corrected chi connectivity index (χ0v) is 27.1. The molecule has 2 aromatic heterocycles. The average Bonchev–Trinajstić information content (AvgIpc) is 3.50. The largest absolute Gasteiger partial charge is 0.382 e. The zero-order chi connectivity index (χ0) is 33.4. The van der Waals surface area contributed by atoms with Gasteiger partial charge in [0.1, 0.15) is 5.52 Å². The number of imidazole rings is 1. The fourth-order valence-electron chi connectivity index (χ4n) is 7.45. The first kappa shape index (κ1) is 30.2. The Hall–Kier alpha value is -5.14. The van der Waals surface area contributed by atoms with Crippen molar-refractivity contribution in [1.82, 2.24) is 24.0 Å². The molecule has 1 amide bonds. The number of allylic oxidation sites excluding steroid dienone is 4. The van der Waals surface area contributed by atoms with Gasteiger partial charge in [0.2, 0.25) is 0 Å². The van der Waals surface area contributed by atoms with Crippen molar-refractivity contribution in [1.29, 1.82) is 0 Å². The summed E-state index contributed by atoms with van der Waals surface area (Å²) in [5.74, 6) is -0.0986. The average molecular weight is 664 g/mol. The van der Waals surface area contributed by atoms with Crippen molar-refractivity contribution in [3.63, 3.8) is 0 Å². The third kappa shape index (κ3) is 4.84. The van der Waals surface area contributed by atoms with Gasteiger partial charge in [0.15, 0.2) is 17.3 Å². The number of likely N-dealkylation sites (tertiary alicyclic amines) is 1. The normalized spacial score (nSPS) is 18.8.